The number of carbonyl (C=O) groups excluding carboxylic acids is 2. The van der Waals surface area contributed by atoms with Gasteiger partial charge < -0.3 is 24.8 Å². The summed E-state index contributed by atoms with van der Waals surface area (Å²) < 4.78 is 16.1. The fraction of sp³-hybridized carbons (Fsp3) is 0.364. The molecular formula is C22H28N2O5. The molecule has 156 valence electrons. The Balaban J connectivity index is 2.07. The summed E-state index contributed by atoms with van der Waals surface area (Å²) in [4.78, 5) is 25.3. The third-order valence-corrected chi connectivity index (χ3v) is 4.24. The molecule has 1 atom stereocenters. The van der Waals surface area contributed by atoms with E-state index in [9.17, 15) is 9.59 Å². The SMILES string of the molecule is CC[C@H](Oc1ccccc1OC)C(=O)Nc1ccccc1C(=O)NCCCOC. The maximum atomic E-state index is 12.8. The molecule has 0 fully saturated rings. The smallest absolute Gasteiger partial charge is 0.265 e. The summed E-state index contributed by atoms with van der Waals surface area (Å²) in [5.74, 6) is 0.449. The molecule has 0 aliphatic carbocycles. The molecule has 0 unspecified atom stereocenters. The molecule has 2 aromatic carbocycles. The molecule has 0 aliphatic rings. The van der Waals surface area contributed by atoms with E-state index in [4.69, 9.17) is 14.2 Å². The van der Waals surface area contributed by atoms with E-state index in [1.165, 1.54) is 0 Å². The van der Waals surface area contributed by atoms with Gasteiger partial charge in [-0.15, -0.1) is 0 Å². The van der Waals surface area contributed by atoms with Gasteiger partial charge in [0.15, 0.2) is 17.6 Å². The molecule has 7 nitrogen and oxygen atoms in total. The first-order valence-electron chi connectivity index (χ1n) is 9.57. The highest BCUT2D eigenvalue weighted by Crippen LogP contribution is 2.27. The molecule has 0 bridgehead atoms. The summed E-state index contributed by atoms with van der Waals surface area (Å²) in [5.41, 5.74) is 0.828. The van der Waals surface area contributed by atoms with Crippen LogP contribution in [0.4, 0.5) is 5.69 Å². The molecule has 0 aliphatic heterocycles. The fourth-order valence-corrected chi connectivity index (χ4v) is 2.71. The Labute approximate surface area is 171 Å². The van der Waals surface area contributed by atoms with Crippen molar-refractivity contribution in [2.45, 2.75) is 25.9 Å². The zero-order valence-electron chi connectivity index (χ0n) is 17.1. The fourth-order valence-electron chi connectivity index (χ4n) is 2.71. The van der Waals surface area contributed by atoms with Crippen LogP contribution < -0.4 is 20.1 Å². The first kappa shape index (κ1) is 22.2. The molecule has 0 saturated heterocycles. The van der Waals surface area contributed by atoms with Crippen LogP contribution >= 0.6 is 0 Å². The van der Waals surface area contributed by atoms with Crippen LogP contribution in [0.25, 0.3) is 0 Å². The zero-order chi connectivity index (χ0) is 21.1. The van der Waals surface area contributed by atoms with Gasteiger partial charge in [0.1, 0.15) is 0 Å². The van der Waals surface area contributed by atoms with Gasteiger partial charge in [-0.25, -0.2) is 0 Å². The van der Waals surface area contributed by atoms with E-state index in [2.05, 4.69) is 10.6 Å². The quantitative estimate of drug-likeness (QED) is 0.566. The lowest BCUT2D eigenvalue weighted by molar-refractivity contribution is -0.122. The first-order valence-corrected chi connectivity index (χ1v) is 9.57. The number of hydrogen-bond acceptors (Lipinski definition) is 5. The van der Waals surface area contributed by atoms with E-state index in [0.717, 1.165) is 0 Å². The lowest BCUT2D eigenvalue weighted by Crippen LogP contribution is -2.33. The Bertz CT molecular complexity index is 809. The summed E-state index contributed by atoms with van der Waals surface area (Å²) in [7, 11) is 3.16. The Morgan fingerprint density at radius 1 is 1.00 bits per heavy atom. The number of benzene rings is 2. The minimum Gasteiger partial charge on any atom is -0.493 e. The monoisotopic (exact) mass is 400 g/mol. The lowest BCUT2D eigenvalue weighted by atomic mass is 10.1. The van der Waals surface area contributed by atoms with Crippen LogP contribution in [0, 0.1) is 0 Å². The van der Waals surface area contributed by atoms with Gasteiger partial charge in [-0.1, -0.05) is 31.2 Å². The minimum absolute atomic E-state index is 0.254. The van der Waals surface area contributed by atoms with Gasteiger partial charge in [-0.05, 0) is 37.1 Å². The first-order chi connectivity index (χ1) is 14.1. The van der Waals surface area contributed by atoms with Crippen LogP contribution in [0.2, 0.25) is 0 Å². The second kappa shape index (κ2) is 11.7. The van der Waals surface area contributed by atoms with Gasteiger partial charge in [0.2, 0.25) is 0 Å². The summed E-state index contributed by atoms with van der Waals surface area (Å²) in [5, 5.41) is 5.64. The van der Waals surface area contributed by atoms with Crippen LogP contribution in [0.1, 0.15) is 30.1 Å². The topological polar surface area (TPSA) is 85.9 Å². The third-order valence-electron chi connectivity index (χ3n) is 4.24. The van der Waals surface area contributed by atoms with Crippen molar-refractivity contribution in [1.29, 1.82) is 0 Å². The van der Waals surface area contributed by atoms with Crippen LogP contribution in [0.3, 0.4) is 0 Å². The van der Waals surface area contributed by atoms with E-state index in [1.54, 1.807) is 50.6 Å². The summed E-state index contributed by atoms with van der Waals surface area (Å²) in [6.45, 7) is 2.91. The van der Waals surface area contributed by atoms with Gasteiger partial charge in [-0.2, -0.15) is 0 Å². The summed E-state index contributed by atoms with van der Waals surface area (Å²) in [6, 6.07) is 14.0. The standard InChI is InChI=1S/C22H28N2O5/c1-4-18(29-20-13-8-7-12-19(20)28-3)22(26)24-17-11-6-5-10-16(17)21(25)23-14-9-15-27-2/h5-8,10-13,18H,4,9,14-15H2,1-3H3,(H,23,25)(H,24,26)/t18-/m0/s1. The largest absolute Gasteiger partial charge is 0.493 e. The highest BCUT2D eigenvalue weighted by atomic mass is 16.5. The molecule has 0 heterocycles. The van der Waals surface area contributed by atoms with Crippen molar-refractivity contribution in [3.63, 3.8) is 0 Å². The van der Waals surface area contributed by atoms with E-state index in [0.29, 0.717) is 48.7 Å². The minimum atomic E-state index is -0.732. The van der Waals surface area contributed by atoms with Gasteiger partial charge in [0.05, 0.1) is 18.4 Å². The van der Waals surface area contributed by atoms with Crippen molar-refractivity contribution in [3.8, 4) is 11.5 Å². The molecule has 2 rings (SSSR count). The Morgan fingerprint density at radius 2 is 1.69 bits per heavy atom. The number of methoxy groups -OCH3 is 2. The van der Waals surface area contributed by atoms with Crippen LogP contribution in [0.15, 0.2) is 48.5 Å². The number of amides is 2. The number of hydrogen-bond donors (Lipinski definition) is 2. The predicted molar refractivity (Wildman–Crippen MR) is 112 cm³/mol. The molecule has 0 saturated carbocycles. The number of anilines is 1. The third kappa shape index (κ3) is 6.50. The Kier molecular flexibility index (Phi) is 8.98. The maximum absolute atomic E-state index is 12.8. The van der Waals surface area contributed by atoms with Gasteiger partial charge in [0.25, 0.3) is 11.8 Å². The van der Waals surface area contributed by atoms with E-state index < -0.39 is 6.10 Å². The predicted octanol–water partition coefficient (Wildman–Crippen LogP) is 3.26. The van der Waals surface area contributed by atoms with Crippen molar-refractivity contribution in [2.24, 2.45) is 0 Å². The van der Waals surface area contributed by atoms with E-state index in [-0.39, 0.29) is 11.8 Å². The molecule has 0 spiro atoms. The zero-order valence-corrected chi connectivity index (χ0v) is 17.1. The lowest BCUT2D eigenvalue weighted by Gasteiger charge is -2.19. The molecule has 2 N–H and O–H groups in total. The van der Waals surface area contributed by atoms with Crippen LogP contribution in [0.5, 0.6) is 11.5 Å². The number of rotatable bonds is 11. The highest BCUT2D eigenvalue weighted by Gasteiger charge is 2.22. The van der Waals surface area contributed by atoms with Crippen molar-refractivity contribution >= 4 is 17.5 Å². The van der Waals surface area contributed by atoms with E-state index >= 15 is 0 Å². The molecule has 7 heteroatoms. The highest BCUT2D eigenvalue weighted by molar-refractivity contribution is 6.04. The second-order valence-corrected chi connectivity index (χ2v) is 6.30. The molecular weight excluding hydrogens is 372 g/mol. The summed E-state index contributed by atoms with van der Waals surface area (Å²) in [6.07, 6.45) is 0.431. The second-order valence-electron chi connectivity index (χ2n) is 6.30. The Morgan fingerprint density at radius 3 is 2.38 bits per heavy atom. The van der Waals surface area contributed by atoms with Gasteiger partial charge in [0, 0.05) is 20.3 Å². The number of para-hydroxylation sites is 3. The Hall–Kier alpha value is -3.06. The van der Waals surface area contributed by atoms with Crippen LogP contribution in [-0.4, -0.2) is 45.3 Å². The molecule has 2 amide bonds. The molecule has 0 radical (unpaired) electrons. The van der Waals surface area contributed by atoms with Gasteiger partial charge in [-0.3, -0.25) is 9.59 Å². The average Bonchev–Trinajstić information content (AvgIpc) is 2.75. The average molecular weight is 400 g/mol. The van der Waals surface area contributed by atoms with E-state index in [1.807, 2.05) is 19.1 Å². The van der Waals surface area contributed by atoms with Crippen molar-refractivity contribution in [2.75, 3.05) is 32.7 Å². The summed E-state index contributed by atoms with van der Waals surface area (Å²) >= 11 is 0. The number of nitrogens with one attached hydrogen (secondary N) is 2. The number of carbonyl (C=O) groups is 2. The van der Waals surface area contributed by atoms with Crippen molar-refractivity contribution in [3.05, 3.63) is 54.1 Å². The van der Waals surface area contributed by atoms with Gasteiger partial charge >= 0.3 is 0 Å². The normalized spacial score (nSPS) is 11.4. The maximum Gasteiger partial charge on any atom is 0.265 e. The van der Waals surface area contributed by atoms with Crippen molar-refractivity contribution < 1.29 is 23.8 Å². The number of ether oxygens (including phenoxy) is 3. The van der Waals surface area contributed by atoms with Crippen LogP contribution in [-0.2, 0) is 9.53 Å². The molecule has 29 heavy (non-hydrogen) atoms. The van der Waals surface area contributed by atoms with Crippen molar-refractivity contribution in [1.82, 2.24) is 5.32 Å². The molecule has 2 aromatic rings. The molecule has 0 aromatic heterocycles.